The second-order valence-corrected chi connectivity index (χ2v) is 13.4. The van der Waals surface area contributed by atoms with Crippen LogP contribution in [-0.2, 0) is 19.1 Å². The van der Waals surface area contributed by atoms with Crippen LogP contribution in [0, 0.1) is 11.8 Å². The average molecular weight is 656 g/mol. The van der Waals surface area contributed by atoms with E-state index in [-0.39, 0.29) is 41.6 Å². The lowest BCUT2D eigenvalue weighted by Crippen LogP contribution is -2.56. The summed E-state index contributed by atoms with van der Waals surface area (Å²) in [6, 6.07) is 14.6. The van der Waals surface area contributed by atoms with E-state index in [1.807, 2.05) is 30.3 Å². The molecule has 0 radical (unpaired) electrons. The number of aliphatic hydroxyl groups excluding tert-OH is 1. The van der Waals surface area contributed by atoms with Crippen molar-refractivity contribution in [1.29, 1.82) is 0 Å². The highest BCUT2D eigenvalue weighted by molar-refractivity contribution is 9.09. The Morgan fingerprint density at radius 2 is 1.90 bits per heavy atom. The Morgan fingerprint density at radius 1 is 1.19 bits per heavy atom. The number of fused-ring (bicyclic) bond motifs is 1. The Hall–Kier alpha value is -3.08. The zero-order valence-electron chi connectivity index (χ0n) is 23.4. The Morgan fingerprint density at radius 3 is 2.52 bits per heavy atom. The summed E-state index contributed by atoms with van der Waals surface area (Å²) in [7, 11) is 1.57. The molecule has 3 heterocycles. The van der Waals surface area contributed by atoms with Gasteiger partial charge < -0.3 is 24.4 Å². The van der Waals surface area contributed by atoms with Crippen LogP contribution in [0.4, 0.5) is 5.69 Å². The van der Waals surface area contributed by atoms with Crippen LogP contribution in [0.3, 0.4) is 0 Å². The number of nitrogens with zero attached hydrogens (tertiary/aromatic N) is 2. The van der Waals surface area contributed by atoms with Gasteiger partial charge in [0.15, 0.2) is 0 Å². The number of likely N-dealkylation sites (tertiary alicyclic amines) is 1. The van der Waals surface area contributed by atoms with Crippen LogP contribution in [0.15, 0.2) is 79.9 Å². The van der Waals surface area contributed by atoms with E-state index in [4.69, 9.17) is 9.47 Å². The van der Waals surface area contributed by atoms with Crippen molar-refractivity contribution in [3.8, 4) is 5.75 Å². The lowest BCUT2D eigenvalue weighted by atomic mass is 9.71. The number of halogens is 1. The second kappa shape index (κ2) is 12.7. The molecule has 1 spiro atoms. The van der Waals surface area contributed by atoms with E-state index in [1.165, 1.54) is 11.8 Å². The second-order valence-electron chi connectivity index (χ2n) is 10.7. The van der Waals surface area contributed by atoms with E-state index in [1.54, 1.807) is 53.3 Å². The number of anilines is 1. The smallest absolute Gasteiger partial charge is 0.310 e. The minimum Gasteiger partial charge on any atom is -0.497 e. The molecule has 5 rings (SSSR count). The van der Waals surface area contributed by atoms with Gasteiger partial charge in [-0.1, -0.05) is 58.4 Å². The number of hydrogen-bond donors (Lipinski definition) is 1. The molecule has 2 amide bonds. The molecule has 0 aliphatic carbocycles. The molecule has 3 aliphatic rings. The van der Waals surface area contributed by atoms with Crippen molar-refractivity contribution in [1.82, 2.24) is 4.90 Å². The average Bonchev–Trinajstić information content (AvgIpc) is 3.60. The zero-order chi connectivity index (χ0) is 30.0. The lowest BCUT2D eigenvalue weighted by Gasteiger charge is -2.40. The molecular formula is C32H35BrN2O6S. The topological polar surface area (TPSA) is 96.4 Å². The van der Waals surface area contributed by atoms with Gasteiger partial charge in [-0.15, -0.1) is 24.9 Å². The van der Waals surface area contributed by atoms with Crippen LogP contribution in [0.25, 0.3) is 0 Å². The maximum absolute atomic E-state index is 14.8. The molecule has 2 bridgehead atoms. The van der Waals surface area contributed by atoms with Crippen molar-refractivity contribution in [2.45, 2.75) is 39.7 Å². The number of aliphatic hydroxyl groups is 1. The standard InChI is InChI=1S/C32H35BrN2O6S/c1-4-6-17-41-31(39)25-26-29(37)35(24(19-36)20-10-8-7-9-11-20)28(32(26)18-23(33)27(25)42-32)30(38)34(16-5-2)21-12-14-22(40-3)15-13-21/h4-5,7-15,23-28,36H,1-2,6,16-19H2,3H3/t23?,24-,25-,26+,27-,28?,32?/m1/s1. The summed E-state index contributed by atoms with van der Waals surface area (Å²) in [4.78, 5) is 46.0. The van der Waals surface area contributed by atoms with E-state index in [2.05, 4.69) is 29.1 Å². The van der Waals surface area contributed by atoms with E-state index in [0.29, 0.717) is 29.8 Å². The number of esters is 1. The van der Waals surface area contributed by atoms with Gasteiger partial charge in [0.1, 0.15) is 11.8 Å². The van der Waals surface area contributed by atoms with E-state index < -0.39 is 34.6 Å². The molecule has 3 aliphatic heterocycles. The van der Waals surface area contributed by atoms with E-state index >= 15 is 0 Å². The maximum Gasteiger partial charge on any atom is 0.310 e. The molecule has 3 fully saturated rings. The van der Waals surface area contributed by atoms with Crippen molar-refractivity contribution in [2.24, 2.45) is 11.8 Å². The number of methoxy groups -OCH3 is 1. The number of ether oxygens (including phenoxy) is 2. The molecule has 222 valence electrons. The zero-order valence-corrected chi connectivity index (χ0v) is 25.8. The fourth-order valence-corrected chi connectivity index (χ4v) is 10.3. The third-order valence-electron chi connectivity index (χ3n) is 8.45. The molecule has 42 heavy (non-hydrogen) atoms. The third-order valence-corrected chi connectivity index (χ3v) is 11.7. The van der Waals surface area contributed by atoms with Crippen LogP contribution in [0.2, 0.25) is 0 Å². The SMILES string of the molecule is C=CCCOC(=O)[C@H]1[C@@H]2SC3(CC2Br)C(C(=O)N(CC=C)c2ccc(OC)cc2)N([C@H](CO)c2ccccc2)C(=O)[C@H]13. The third kappa shape index (κ3) is 5.07. The first-order chi connectivity index (χ1) is 20.3. The molecule has 7 atom stereocenters. The number of hydrogen-bond acceptors (Lipinski definition) is 7. The summed E-state index contributed by atoms with van der Waals surface area (Å²) in [6.45, 7) is 7.57. The van der Waals surface area contributed by atoms with E-state index in [9.17, 15) is 19.5 Å². The van der Waals surface area contributed by atoms with Crippen molar-refractivity contribution in [3.05, 3.63) is 85.5 Å². The van der Waals surface area contributed by atoms with Crippen molar-refractivity contribution in [2.75, 3.05) is 31.8 Å². The molecule has 3 unspecified atom stereocenters. The van der Waals surface area contributed by atoms with Crippen LogP contribution in [-0.4, -0.2) is 75.5 Å². The molecule has 0 aromatic heterocycles. The minimum absolute atomic E-state index is 0.100. The first-order valence-corrected chi connectivity index (χ1v) is 15.8. The van der Waals surface area contributed by atoms with Gasteiger partial charge in [-0.3, -0.25) is 14.4 Å². The van der Waals surface area contributed by atoms with Gasteiger partial charge >= 0.3 is 5.97 Å². The van der Waals surface area contributed by atoms with Crippen LogP contribution < -0.4 is 9.64 Å². The monoisotopic (exact) mass is 654 g/mol. The summed E-state index contributed by atoms with van der Waals surface area (Å²) in [6.07, 6.45) is 4.34. The molecule has 2 aromatic rings. The van der Waals surface area contributed by atoms with Gasteiger partial charge in [0.05, 0.1) is 42.9 Å². The number of amides is 2. The Balaban J connectivity index is 1.62. The highest BCUT2D eigenvalue weighted by Crippen LogP contribution is 2.68. The Bertz CT molecular complexity index is 1340. The highest BCUT2D eigenvalue weighted by Gasteiger charge is 2.76. The molecular weight excluding hydrogens is 620 g/mol. The first kappa shape index (κ1) is 30.4. The number of rotatable bonds is 12. The predicted molar refractivity (Wildman–Crippen MR) is 167 cm³/mol. The van der Waals surface area contributed by atoms with Gasteiger partial charge in [-0.25, -0.2) is 0 Å². The summed E-state index contributed by atoms with van der Waals surface area (Å²) >= 11 is 5.31. The highest BCUT2D eigenvalue weighted by atomic mass is 79.9. The number of carbonyl (C=O) groups excluding carboxylic acids is 3. The maximum atomic E-state index is 14.8. The summed E-state index contributed by atoms with van der Waals surface area (Å²) in [5.74, 6) is -1.90. The minimum atomic E-state index is -0.949. The Kier molecular flexibility index (Phi) is 9.15. The van der Waals surface area contributed by atoms with Crippen molar-refractivity contribution < 1.29 is 29.0 Å². The van der Waals surface area contributed by atoms with Crippen molar-refractivity contribution >= 4 is 51.2 Å². The van der Waals surface area contributed by atoms with Crippen molar-refractivity contribution in [3.63, 3.8) is 0 Å². The number of carbonyl (C=O) groups is 3. The van der Waals surface area contributed by atoms with Crippen LogP contribution in [0.1, 0.15) is 24.4 Å². The van der Waals surface area contributed by atoms with Gasteiger partial charge in [0.25, 0.3) is 5.91 Å². The molecule has 1 N–H and O–H groups in total. The molecule has 0 saturated carbocycles. The van der Waals surface area contributed by atoms with Gasteiger partial charge in [0, 0.05) is 22.3 Å². The van der Waals surface area contributed by atoms with Gasteiger partial charge in [0.2, 0.25) is 5.91 Å². The van der Waals surface area contributed by atoms with Crippen LogP contribution >= 0.6 is 27.7 Å². The Labute approximate surface area is 258 Å². The summed E-state index contributed by atoms with van der Waals surface area (Å²) in [5.41, 5.74) is 1.34. The largest absolute Gasteiger partial charge is 0.497 e. The fourth-order valence-electron chi connectivity index (χ4n) is 6.68. The van der Waals surface area contributed by atoms with Crippen LogP contribution in [0.5, 0.6) is 5.75 Å². The quantitative estimate of drug-likeness (QED) is 0.155. The van der Waals surface area contributed by atoms with Gasteiger partial charge in [-0.05, 0) is 42.7 Å². The fraction of sp³-hybridized carbons (Fsp3) is 0.406. The lowest BCUT2D eigenvalue weighted by molar-refractivity contribution is -0.154. The van der Waals surface area contributed by atoms with Gasteiger partial charge in [-0.2, -0.15) is 0 Å². The molecule has 10 heteroatoms. The number of benzene rings is 2. The molecule has 2 aromatic carbocycles. The molecule has 8 nitrogen and oxygen atoms in total. The first-order valence-electron chi connectivity index (χ1n) is 14.0. The summed E-state index contributed by atoms with van der Waals surface area (Å²) in [5, 5.41) is 10.5. The summed E-state index contributed by atoms with van der Waals surface area (Å²) < 4.78 is 10.0. The van der Waals surface area contributed by atoms with E-state index in [0.717, 1.165) is 0 Å². The number of thioether (sulfide) groups is 1. The predicted octanol–water partition coefficient (Wildman–Crippen LogP) is 4.53. The number of alkyl halides is 1. The normalized spacial score (nSPS) is 28.2. The molecule has 3 saturated heterocycles.